The van der Waals surface area contributed by atoms with Crippen LogP contribution in [0.15, 0.2) is 0 Å². The molecule has 0 aromatic carbocycles. The van der Waals surface area contributed by atoms with E-state index < -0.39 is 5.54 Å². The van der Waals surface area contributed by atoms with E-state index in [2.05, 4.69) is 19.2 Å². The van der Waals surface area contributed by atoms with Gasteiger partial charge >= 0.3 is 0 Å². The van der Waals surface area contributed by atoms with Crippen LogP contribution < -0.4 is 11.1 Å². The molecule has 0 saturated heterocycles. The molecule has 0 aromatic heterocycles. The predicted molar refractivity (Wildman–Crippen MR) is 77.6 cm³/mol. The lowest BCUT2D eigenvalue weighted by molar-refractivity contribution is -0.125. The zero-order valence-corrected chi connectivity index (χ0v) is 12.4. The minimum absolute atomic E-state index is 0.135. The first kappa shape index (κ1) is 14.2. The van der Waals surface area contributed by atoms with Gasteiger partial charge in [-0.3, -0.25) is 4.79 Å². The van der Waals surface area contributed by atoms with E-state index in [0.717, 1.165) is 25.2 Å². The summed E-state index contributed by atoms with van der Waals surface area (Å²) >= 11 is 2.02. The van der Waals surface area contributed by atoms with Crippen LogP contribution in [0.3, 0.4) is 0 Å². The van der Waals surface area contributed by atoms with E-state index in [0.29, 0.717) is 11.3 Å². The van der Waals surface area contributed by atoms with Crippen molar-refractivity contribution in [2.24, 2.45) is 11.7 Å². The molecule has 18 heavy (non-hydrogen) atoms. The second-order valence-corrected chi connectivity index (χ2v) is 7.64. The van der Waals surface area contributed by atoms with Gasteiger partial charge in [0.2, 0.25) is 5.91 Å². The molecule has 2 saturated carbocycles. The second kappa shape index (κ2) is 5.83. The van der Waals surface area contributed by atoms with Gasteiger partial charge in [-0.2, -0.15) is 11.8 Å². The maximum atomic E-state index is 11.9. The smallest absolute Gasteiger partial charge is 0.237 e. The molecule has 0 aromatic rings. The fourth-order valence-corrected chi connectivity index (χ4v) is 4.13. The number of carbonyl (C=O) groups excluding carboxylic acids is 1. The molecule has 104 valence electrons. The van der Waals surface area contributed by atoms with Crippen LogP contribution >= 0.6 is 11.8 Å². The van der Waals surface area contributed by atoms with Crippen LogP contribution in [0.1, 0.15) is 52.4 Å². The molecule has 0 spiro atoms. The highest BCUT2D eigenvalue weighted by Gasteiger charge is 2.44. The third kappa shape index (κ3) is 3.64. The first-order valence-corrected chi connectivity index (χ1v) is 8.26. The van der Waals surface area contributed by atoms with Gasteiger partial charge in [0.05, 0.1) is 5.54 Å². The van der Waals surface area contributed by atoms with Gasteiger partial charge in [0.1, 0.15) is 0 Å². The van der Waals surface area contributed by atoms with Crippen molar-refractivity contribution >= 4 is 17.7 Å². The van der Waals surface area contributed by atoms with Crippen molar-refractivity contribution in [3.63, 3.8) is 0 Å². The van der Waals surface area contributed by atoms with Gasteiger partial charge in [-0.1, -0.05) is 13.8 Å². The van der Waals surface area contributed by atoms with Crippen molar-refractivity contribution in [2.75, 3.05) is 5.75 Å². The van der Waals surface area contributed by atoms with Crippen LogP contribution in [-0.4, -0.2) is 28.5 Å². The van der Waals surface area contributed by atoms with Gasteiger partial charge in [-0.05, 0) is 50.2 Å². The Morgan fingerprint density at radius 2 is 2.17 bits per heavy atom. The number of nitrogens with two attached hydrogens (primary N) is 1. The summed E-state index contributed by atoms with van der Waals surface area (Å²) in [5.41, 5.74) is 5.28. The summed E-state index contributed by atoms with van der Waals surface area (Å²) < 4.78 is 0. The Morgan fingerprint density at radius 1 is 1.44 bits per heavy atom. The summed E-state index contributed by atoms with van der Waals surface area (Å²) in [7, 11) is 0. The minimum atomic E-state index is -0.409. The average molecular weight is 270 g/mol. The number of rotatable bonds is 6. The highest BCUT2D eigenvalue weighted by molar-refractivity contribution is 7.99. The molecule has 3 nitrogen and oxygen atoms in total. The number of carbonyl (C=O) groups is 1. The summed E-state index contributed by atoms with van der Waals surface area (Å²) in [5, 5.41) is 4.13. The Balaban J connectivity index is 1.94. The Kier molecular flexibility index (Phi) is 4.59. The third-order valence-corrected chi connectivity index (χ3v) is 5.63. The Hall–Kier alpha value is -0.220. The van der Waals surface area contributed by atoms with Crippen LogP contribution in [0.25, 0.3) is 0 Å². The molecule has 2 unspecified atom stereocenters. The van der Waals surface area contributed by atoms with E-state index in [4.69, 9.17) is 5.73 Å². The number of nitrogens with one attached hydrogen (secondary N) is 1. The van der Waals surface area contributed by atoms with Crippen molar-refractivity contribution in [2.45, 2.75) is 69.2 Å². The zero-order valence-electron chi connectivity index (χ0n) is 11.6. The lowest BCUT2D eigenvalue weighted by Crippen LogP contribution is -2.59. The lowest BCUT2D eigenvalue weighted by atomic mass is 9.80. The molecule has 2 fully saturated rings. The van der Waals surface area contributed by atoms with Gasteiger partial charge in [0.25, 0.3) is 0 Å². The quantitative estimate of drug-likeness (QED) is 0.778. The number of hydrogen-bond donors (Lipinski definition) is 2. The van der Waals surface area contributed by atoms with Gasteiger partial charge in [-0.25, -0.2) is 0 Å². The Morgan fingerprint density at radius 3 is 2.72 bits per heavy atom. The van der Waals surface area contributed by atoms with Crippen LogP contribution in [0.2, 0.25) is 0 Å². The van der Waals surface area contributed by atoms with Crippen molar-refractivity contribution in [3.05, 3.63) is 0 Å². The van der Waals surface area contributed by atoms with E-state index in [1.807, 2.05) is 11.8 Å². The van der Waals surface area contributed by atoms with Crippen molar-refractivity contribution < 1.29 is 4.79 Å². The standard InChI is InChI=1S/C14H26N2OS/c1-10(2)9-18-12-4-3-7-14(8-12,13(15)17)16-11-5-6-11/h10-12,16H,3-9H2,1-2H3,(H2,15,17). The highest BCUT2D eigenvalue weighted by atomic mass is 32.2. The number of hydrogen-bond acceptors (Lipinski definition) is 3. The van der Waals surface area contributed by atoms with Crippen LogP contribution in [0.5, 0.6) is 0 Å². The van der Waals surface area contributed by atoms with Crippen molar-refractivity contribution in [1.82, 2.24) is 5.32 Å². The first-order chi connectivity index (χ1) is 8.52. The molecule has 4 heteroatoms. The lowest BCUT2D eigenvalue weighted by Gasteiger charge is -2.39. The van der Waals surface area contributed by atoms with Crippen LogP contribution in [0.4, 0.5) is 0 Å². The third-order valence-electron chi connectivity index (χ3n) is 3.90. The fourth-order valence-electron chi connectivity index (χ4n) is 2.74. The zero-order chi connectivity index (χ0) is 13.2. The second-order valence-electron chi connectivity index (χ2n) is 6.31. The fraction of sp³-hybridized carbons (Fsp3) is 0.929. The van der Waals surface area contributed by atoms with Crippen LogP contribution in [-0.2, 0) is 4.79 Å². The average Bonchev–Trinajstić information content (AvgIpc) is 3.10. The van der Waals surface area contributed by atoms with Crippen molar-refractivity contribution in [1.29, 1.82) is 0 Å². The normalized spacial score (nSPS) is 32.7. The maximum Gasteiger partial charge on any atom is 0.237 e. The Labute approximate surface area is 115 Å². The summed E-state index contributed by atoms with van der Waals surface area (Å²) in [5.74, 6) is 1.77. The molecule has 2 atom stereocenters. The van der Waals surface area contributed by atoms with Gasteiger partial charge in [0, 0.05) is 11.3 Å². The summed E-state index contributed by atoms with van der Waals surface area (Å²) in [4.78, 5) is 11.9. The van der Waals surface area contributed by atoms with E-state index in [-0.39, 0.29) is 5.91 Å². The van der Waals surface area contributed by atoms with Gasteiger partial charge < -0.3 is 11.1 Å². The summed E-state index contributed by atoms with van der Waals surface area (Å²) in [6, 6.07) is 0.548. The SMILES string of the molecule is CC(C)CSC1CCCC(NC2CC2)(C(N)=O)C1. The Bertz CT molecular complexity index is 304. The van der Waals surface area contributed by atoms with E-state index in [1.54, 1.807) is 0 Å². The molecule has 0 bridgehead atoms. The van der Waals surface area contributed by atoms with Crippen molar-refractivity contribution in [3.8, 4) is 0 Å². The number of primary amides is 1. The molecular formula is C14H26N2OS. The molecule has 2 aliphatic carbocycles. The van der Waals surface area contributed by atoms with Gasteiger partial charge in [-0.15, -0.1) is 0 Å². The molecule has 3 N–H and O–H groups in total. The number of thioether (sulfide) groups is 1. The molecule has 0 radical (unpaired) electrons. The maximum absolute atomic E-state index is 11.9. The topological polar surface area (TPSA) is 55.1 Å². The largest absolute Gasteiger partial charge is 0.368 e. The number of amides is 1. The monoisotopic (exact) mass is 270 g/mol. The summed E-state index contributed by atoms with van der Waals surface area (Å²) in [6.45, 7) is 4.50. The van der Waals surface area contributed by atoms with Crippen LogP contribution in [0, 0.1) is 5.92 Å². The van der Waals surface area contributed by atoms with Gasteiger partial charge in [0.15, 0.2) is 0 Å². The highest BCUT2D eigenvalue weighted by Crippen LogP contribution is 2.37. The minimum Gasteiger partial charge on any atom is -0.368 e. The molecule has 2 aliphatic rings. The molecule has 0 aliphatic heterocycles. The summed E-state index contributed by atoms with van der Waals surface area (Å²) in [6.07, 6.45) is 6.63. The molecular weight excluding hydrogens is 244 g/mol. The molecule has 2 rings (SSSR count). The van der Waals surface area contributed by atoms with E-state index in [9.17, 15) is 4.79 Å². The van der Waals surface area contributed by atoms with E-state index in [1.165, 1.54) is 25.0 Å². The molecule has 1 amide bonds. The first-order valence-electron chi connectivity index (χ1n) is 7.21. The molecule has 0 heterocycles. The predicted octanol–water partition coefficient (Wildman–Crippen LogP) is 2.29. The van der Waals surface area contributed by atoms with E-state index >= 15 is 0 Å².